The summed E-state index contributed by atoms with van der Waals surface area (Å²) in [7, 11) is -3.94. The SMILES string of the molecule is CC(C)Oc1ccc(NS(=O)(=O)CC(=O)N[C@H](C)C(=O)O)cc1. The highest BCUT2D eigenvalue weighted by atomic mass is 32.2. The van der Waals surface area contributed by atoms with E-state index in [2.05, 4.69) is 10.0 Å². The molecule has 23 heavy (non-hydrogen) atoms. The van der Waals surface area contributed by atoms with E-state index in [1.54, 1.807) is 12.1 Å². The van der Waals surface area contributed by atoms with Crippen LogP contribution in [-0.2, 0) is 19.6 Å². The average Bonchev–Trinajstić information content (AvgIpc) is 2.39. The minimum absolute atomic E-state index is 0.00235. The van der Waals surface area contributed by atoms with Crippen molar-refractivity contribution in [1.82, 2.24) is 5.32 Å². The van der Waals surface area contributed by atoms with E-state index in [0.29, 0.717) is 5.75 Å². The van der Waals surface area contributed by atoms with Crippen molar-refractivity contribution in [2.75, 3.05) is 10.5 Å². The number of aliphatic carboxylic acids is 1. The molecule has 0 fully saturated rings. The van der Waals surface area contributed by atoms with Crippen LogP contribution >= 0.6 is 0 Å². The fourth-order valence-corrected chi connectivity index (χ4v) is 2.60. The molecule has 0 radical (unpaired) electrons. The molecule has 0 bridgehead atoms. The summed E-state index contributed by atoms with van der Waals surface area (Å²) < 4.78 is 31.4. The van der Waals surface area contributed by atoms with Gasteiger partial charge in [0.15, 0.2) is 0 Å². The van der Waals surface area contributed by atoms with Crippen molar-refractivity contribution in [3.05, 3.63) is 24.3 Å². The average molecular weight is 344 g/mol. The van der Waals surface area contributed by atoms with Crippen LogP contribution in [0, 0.1) is 0 Å². The Labute approximate surface area is 134 Å². The molecule has 1 aromatic carbocycles. The van der Waals surface area contributed by atoms with Crippen LogP contribution in [0.4, 0.5) is 5.69 Å². The van der Waals surface area contributed by atoms with Crippen LogP contribution in [0.25, 0.3) is 0 Å². The van der Waals surface area contributed by atoms with Crippen LogP contribution in [0.5, 0.6) is 5.75 Å². The number of amides is 1. The molecule has 0 aliphatic carbocycles. The first kappa shape index (κ1) is 18.8. The molecule has 0 saturated carbocycles. The number of anilines is 1. The van der Waals surface area contributed by atoms with Crippen LogP contribution in [-0.4, -0.2) is 43.3 Å². The Morgan fingerprint density at radius 3 is 2.22 bits per heavy atom. The summed E-state index contributed by atoms with van der Waals surface area (Å²) in [6, 6.07) is 5.06. The Bertz CT molecular complexity index is 654. The van der Waals surface area contributed by atoms with Gasteiger partial charge in [0.25, 0.3) is 0 Å². The van der Waals surface area contributed by atoms with E-state index in [4.69, 9.17) is 9.84 Å². The second kappa shape index (κ2) is 7.82. The number of carboxylic acid groups (broad SMARTS) is 1. The number of ether oxygens (including phenoxy) is 1. The largest absolute Gasteiger partial charge is 0.491 e. The maximum Gasteiger partial charge on any atom is 0.325 e. The molecule has 0 unspecified atom stereocenters. The third-order valence-electron chi connectivity index (χ3n) is 2.57. The van der Waals surface area contributed by atoms with Gasteiger partial charge in [0.1, 0.15) is 17.5 Å². The van der Waals surface area contributed by atoms with Crippen molar-refractivity contribution in [2.45, 2.75) is 32.9 Å². The van der Waals surface area contributed by atoms with Crippen molar-refractivity contribution < 1.29 is 27.9 Å². The molecular formula is C14H20N2O6S. The van der Waals surface area contributed by atoms with E-state index in [1.165, 1.54) is 19.1 Å². The van der Waals surface area contributed by atoms with Gasteiger partial charge in [0, 0.05) is 5.69 Å². The van der Waals surface area contributed by atoms with Crippen LogP contribution in [0.3, 0.4) is 0 Å². The highest BCUT2D eigenvalue weighted by molar-refractivity contribution is 7.93. The zero-order chi connectivity index (χ0) is 17.6. The summed E-state index contributed by atoms with van der Waals surface area (Å²) in [4.78, 5) is 22.1. The summed E-state index contributed by atoms with van der Waals surface area (Å²) in [6.07, 6.45) is -0.00235. The van der Waals surface area contributed by atoms with Crippen LogP contribution < -0.4 is 14.8 Å². The van der Waals surface area contributed by atoms with Gasteiger partial charge >= 0.3 is 5.97 Å². The molecule has 3 N–H and O–H groups in total. The molecule has 0 aliphatic rings. The van der Waals surface area contributed by atoms with E-state index >= 15 is 0 Å². The Morgan fingerprint density at radius 1 is 1.17 bits per heavy atom. The Hall–Kier alpha value is -2.29. The Balaban J connectivity index is 2.64. The molecule has 0 aliphatic heterocycles. The van der Waals surface area contributed by atoms with Gasteiger partial charge in [0.2, 0.25) is 15.9 Å². The van der Waals surface area contributed by atoms with Crippen LogP contribution in [0.2, 0.25) is 0 Å². The summed E-state index contributed by atoms with van der Waals surface area (Å²) >= 11 is 0. The van der Waals surface area contributed by atoms with Gasteiger partial charge in [-0.15, -0.1) is 0 Å². The normalized spacial score (nSPS) is 12.5. The molecule has 128 valence electrons. The molecular weight excluding hydrogens is 324 g/mol. The molecule has 0 aromatic heterocycles. The van der Waals surface area contributed by atoms with E-state index in [-0.39, 0.29) is 11.8 Å². The Morgan fingerprint density at radius 2 is 1.74 bits per heavy atom. The Kier molecular flexibility index (Phi) is 6.38. The van der Waals surface area contributed by atoms with Crippen LogP contribution in [0.15, 0.2) is 24.3 Å². The van der Waals surface area contributed by atoms with Gasteiger partial charge in [-0.3, -0.25) is 14.3 Å². The highest BCUT2D eigenvalue weighted by Crippen LogP contribution is 2.17. The van der Waals surface area contributed by atoms with Gasteiger partial charge in [-0.25, -0.2) is 8.42 Å². The van der Waals surface area contributed by atoms with E-state index in [9.17, 15) is 18.0 Å². The maximum atomic E-state index is 11.9. The third-order valence-corrected chi connectivity index (χ3v) is 3.76. The molecule has 1 aromatic rings. The number of hydrogen-bond acceptors (Lipinski definition) is 5. The van der Waals surface area contributed by atoms with Gasteiger partial charge < -0.3 is 15.2 Å². The molecule has 1 rings (SSSR count). The molecule has 0 heterocycles. The minimum Gasteiger partial charge on any atom is -0.491 e. The van der Waals surface area contributed by atoms with E-state index < -0.39 is 33.7 Å². The lowest BCUT2D eigenvalue weighted by Gasteiger charge is -2.12. The molecule has 9 heteroatoms. The van der Waals surface area contributed by atoms with Crippen molar-refractivity contribution >= 4 is 27.6 Å². The topological polar surface area (TPSA) is 122 Å². The first-order chi connectivity index (χ1) is 10.6. The molecule has 8 nitrogen and oxygen atoms in total. The molecule has 0 saturated heterocycles. The quantitative estimate of drug-likeness (QED) is 0.641. The van der Waals surface area contributed by atoms with Crippen molar-refractivity contribution in [2.24, 2.45) is 0 Å². The predicted octanol–water partition coefficient (Wildman–Crippen LogP) is 0.805. The summed E-state index contributed by atoms with van der Waals surface area (Å²) in [6.45, 7) is 4.98. The lowest BCUT2D eigenvalue weighted by Crippen LogP contribution is -2.42. The van der Waals surface area contributed by atoms with Gasteiger partial charge in [-0.1, -0.05) is 0 Å². The summed E-state index contributed by atoms with van der Waals surface area (Å²) in [5.74, 6) is -2.41. The number of rotatable bonds is 8. The first-order valence-corrected chi connectivity index (χ1v) is 8.53. The lowest BCUT2D eigenvalue weighted by atomic mass is 10.3. The maximum absolute atomic E-state index is 11.9. The number of hydrogen-bond donors (Lipinski definition) is 3. The highest BCUT2D eigenvalue weighted by Gasteiger charge is 2.20. The standard InChI is InChI=1S/C14H20N2O6S/c1-9(2)22-12-6-4-11(5-7-12)16-23(20,21)8-13(17)15-10(3)14(18)19/h4-7,9-10,16H,8H2,1-3H3,(H,15,17)(H,18,19)/t10-/m1/s1. The van der Waals surface area contributed by atoms with E-state index in [1.807, 2.05) is 13.8 Å². The monoisotopic (exact) mass is 344 g/mol. The third kappa shape index (κ3) is 7.00. The second-order valence-corrected chi connectivity index (χ2v) is 6.90. The minimum atomic E-state index is -3.94. The number of carboxylic acids is 1. The van der Waals surface area contributed by atoms with E-state index in [0.717, 1.165) is 0 Å². The molecule has 1 amide bonds. The molecule has 1 atom stereocenters. The number of benzene rings is 1. The zero-order valence-electron chi connectivity index (χ0n) is 13.1. The first-order valence-electron chi connectivity index (χ1n) is 6.88. The smallest absolute Gasteiger partial charge is 0.325 e. The zero-order valence-corrected chi connectivity index (χ0v) is 13.9. The molecule has 0 spiro atoms. The lowest BCUT2D eigenvalue weighted by molar-refractivity contribution is -0.140. The van der Waals surface area contributed by atoms with Gasteiger partial charge in [-0.2, -0.15) is 0 Å². The summed E-state index contributed by atoms with van der Waals surface area (Å²) in [5, 5.41) is 10.7. The van der Waals surface area contributed by atoms with Crippen LogP contribution in [0.1, 0.15) is 20.8 Å². The fraction of sp³-hybridized carbons (Fsp3) is 0.429. The fourth-order valence-electron chi connectivity index (χ4n) is 1.61. The van der Waals surface area contributed by atoms with Crippen molar-refractivity contribution in [3.63, 3.8) is 0 Å². The van der Waals surface area contributed by atoms with Crippen molar-refractivity contribution in [1.29, 1.82) is 0 Å². The van der Waals surface area contributed by atoms with Crippen molar-refractivity contribution in [3.8, 4) is 5.75 Å². The number of sulfonamides is 1. The van der Waals surface area contributed by atoms with Gasteiger partial charge in [-0.05, 0) is 45.0 Å². The number of carbonyl (C=O) groups is 2. The predicted molar refractivity (Wildman–Crippen MR) is 84.9 cm³/mol. The number of carbonyl (C=O) groups excluding carboxylic acids is 1. The number of nitrogens with one attached hydrogen (secondary N) is 2. The summed E-state index contributed by atoms with van der Waals surface area (Å²) in [5.41, 5.74) is 0.278. The van der Waals surface area contributed by atoms with Gasteiger partial charge in [0.05, 0.1) is 6.10 Å². The second-order valence-electron chi connectivity index (χ2n) is 5.18.